The fourth-order valence-corrected chi connectivity index (χ4v) is 1.14. The number of alkyl halides is 8. The van der Waals surface area contributed by atoms with Gasteiger partial charge in [0.1, 0.15) is 0 Å². The van der Waals surface area contributed by atoms with Crippen LogP contribution in [0.15, 0.2) is 0 Å². The first kappa shape index (κ1) is 17.6. The minimum Gasteiger partial charge on any atom is -0.303 e. The van der Waals surface area contributed by atoms with Crippen LogP contribution in [0.1, 0.15) is 6.42 Å². The molecule has 0 rings (SSSR count). The molecule has 110 valence electrons. The molecule has 0 aliphatic heterocycles. The summed E-state index contributed by atoms with van der Waals surface area (Å²) in [6, 6.07) is 0. The van der Waals surface area contributed by atoms with E-state index in [0.29, 0.717) is 0 Å². The SMILES string of the molecule is O=P(O)(O)OC(F)(F)C(F)(F)C(F)CC(F)(F)F. The lowest BCUT2D eigenvalue weighted by Gasteiger charge is -2.28. The molecule has 1 atom stereocenters. The number of phosphoric acid groups is 1. The van der Waals surface area contributed by atoms with Crippen LogP contribution in [-0.4, -0.2) is 34.2 Å². The van der Waals surface area contributed by atoms with Crippen molar-refractivity contribution in [3.05, 3.63) is 0 Å². The third-order valence-corrected chi connectivity index (χ3v) is 1.89. The van der Waals surface area contributed by atoms with E-state index in [1.54, 1.807) is 0 Å². The molecule has 0 aliphatic carbocycles. The maximum absolute atomic E-state index is 12.6. The number of rotatable bonds is 5. The van der Waals surface area contributed by atoms with Gasteiger partial charge < -0.3 is 9.79 Å². The van der Waals surface area contributed by atoms with Crippen molar-refractivity contribution in [1.82, 2.24) is 0 Å². The van der Waals surface area contributed by atoms with Crippen molar-refractivity contribution in [3.63, 3.8) is 0 Å². The minimum atomic E-state index is -6.15. The van der Waals surface area contributed by atoms with E-state index < -0.39 is 38.6 Å². The zero-order chi connectivity index (χ0) is 15.0. The molecule has 0 spiro atoms. The molecule has 0 saturated heterocycles. The molecule has 2 N–H and O–H groups in total. The second-order valence-electron chi connectivity index (χ2n) is 3.01. The van der Waals surface area contributed by atoms with Crippen LogP contribution in [0.2, 0.25) is 0 Å². The lowest BCUT2D eigenvalue weighted by atomic mass is 10.1. The van der Waals surface area contributed by atoms with Gasteiger partial charge in [-0.15, -0.1) is 0 Å². The van der Waals surface area contributed by atoms with Crippen molar-refractivity contribution in [2.75, 3.05) is 0 Å². The van der Waals surface area contributed by atoms with Crippen molar-refractivity contribution in [2.24, 2.45) is 0 Å². The molecular weight excluding hydrogens is 307 g/mol. The zero-order valence-electron chi connectivity index (χ0n) is 7.97. The first-order chi connectivity index (χ1) is 7.58. The highest BCUT2D eigenvalue weighted by atomic mass is 31.2. The van der Waals surface area contributed by atoms with Crippen molar-refractivity contribution >= 4 is 7.82 Å². The van der Waals surface area contributed by atoms with Crippen molar-refractivity contribution in [3.8, 4) is 0 Å². The van der Waals surface area contributed by atoms with Crippen LogP contribution in [0.5, 0.6) is 0 Å². The summed E-state index contributed by atoms with van der Waals surface area (Å²) in [5, 5.41) is 0. The summed E-state index contributed by atoms with van der Waals surface area (Å²) in [7, 11) is -6.15. The largest absolute Gasteiger partial charge is 0.474 e. The molecule has 0 aromatic carbocycles. The molecule has 0 amide bonds. The summed E-state index contributed by atoms with van der Waals surface area (Å²) in [6.07, 6.45) is -19.0. The summed E-state index contributed by atoms with van der Waals surface area (Å²) in [4.78, 5) is 15.7. The highest BCUT2D eigenvalue weighted by Gasteiger charge is 2.67. The molecule has 0 fully saturated rings. The van der Waals surface area contributed by atoms with Crippen LogP contribution in [0.25, 0.3) is 0 Å². The molecule has 0 bridgehead atoms. The van der Waals surface area contributed by atoms with Crippen molar-refractivity contribution in [2.45, 2.75) is 30.8 Å². The number of halogens is 8. The van der Waals surface area contributed by atoms with E-state index in [1.165, 1.54) is 0 Å². The Balaban J connectivity index is 5.05. The fraction of sp³-hybridized carbons (Fsp3) is 1.00. The van der Waals surface area contributed by atoms with Gasteiger partial charge in [0.15, 0.2) is 6.17 Å². The van der Waals surface area contributed by atoms with Crippen molar-refractivity contribution in [1.29, 1.82) is 0 Å². The van der Waals surface area contributed by atoms with Gasteiger partial charge in [-0.2, -0.15) is 30.7 Å². The van der Waals surface area contributed by atoms with Gasteiger partial charge >= 0.3 is 26.0 Å². The fourth-order valence-electron chi connectivity index (χ4n) is 0.724. The first-order valence-corrected chi connectivity index (χ1v) is 5.34. The molecule has 0 saturated carbocycles. The van der Waals surface area contributed by atoms with E-state index in [4.69, 9.17) is 9.79 Å². The Kier molecular flexibility index (Phi) is 4.79. The predicted molar refractivity (Wildman–Crippen MR) is 38.6 cm³/mol. The quantitative estimate of drug-likeness (QED) is 0.605. The van der Waals surface area contributed by atoms with Gasteiger partial charge in [0, 0.05) is 0 Å². The second kappa shape index (κ2) is 4.91. The van der Waals surface area contributed by atoms with Gasteiger partial charge in [-0.05, 0) is 0 Å². The molecule has 1 unspecified atom stereocenters. The summed E-state index contributed by atoms with van der Waals surface area (Å²) in [5.41, 5.74) is 0. The summed E-state index contributed by atoms with van der Waals surface area (Å²) in [5.74, 6) is -6.07. The van der Waals surface area contributed by atoms with E-state index in [0.717, 1.165) is 0 Å². The molecule has 0 aliphatic rings. The zero-order valence-corrected chi connectivity index (χ0v) is 8.86. The lowest BCUT2D eigenvalue weighted by molar-refractivity contribution is -0.338. The maximum atomic E-state index is 12.6. The summed E-state index contributed by atoms with van der Waals surface area (Å²) >= 11 is 0. The van der Waals surface area contributed by atoms with Gasteiger partial charge in [-0.3, -0.25) is 0 Å². The van der Waals surface area contributed by atoms with E-state index >= 15 is 0 Å². The summed E-state index contributed by atoms with van der Waals surface area (Å²) < 4.78 is 109. The third-order valence-electron chi connectivity index (χ3n) is 1.43. The van der Waals surface area contributed by atoms with Crippen LogP contribution in [0.3, 0.4) is 0 Å². The lowest BCUT2D eigenvalue weighted by Crippen LogP contribution is -2.50. The molecule has 0 aromatic heterocycles. The number of hydrogen-bond donors (Lipinski definition) is 2. The highest BCUT2D eigenvalue weighted by molar-refractivity contribution is 7.46. The van der Waals surface area contributed by atoms with E-state index in [1.807, 2.05) is 0 Å². The van der Waals surface area contributed by atoms with Gasteiger partial charge in [0.2, 0.25) is 0 Å². The molecule has 0 heterocycles. The smallest absolute Gasteiger partial charge is 0.303 e. The monoisotopic (exact) mass is 312 g/mol. The van der Waals surface area contributed by atoms with Gasteiger partial charge in [0.05, 0.1) is 6.42 Å². The molecule has 13 heteroatoms. The molecule has 18 heavy (non-hydrogen) atoms. The Morgan fingerprint density at radius 3 is 1.72 bits per heavy atom. The normalized spacial score (nSPS) is 16.8. The van der Waals surface area contributed by atoms with Crippen LogP contribution in [-0.2, 0) is 9.09 Å². The van der Waals surface area contributed by atoms with Gasteiger partial charge in [-0.1, -0.05) is 0 Å². The van der Waals surface area contributed by atoms with Gasteiger partial charge in [0.25, 0.3) is 0 Å². The molecule has 0 radical (unpaired) electrons. The maximum Gasteiger partial charge on any atom is 0.474 e. The van der Waals surface area contributed by atoms with E-state index in [-0.39, 0.29) is 0 Å². The molecule has 0 aromatic rings. The average molecular weight is 312 g/mol. The Labute approximate surface area is 93.8 Å². The second-order valence-corrected chi connectivity index (χ2v) is 4.17. The van der Waals surface area contributed by atoms with E-state index in [2.05, 4.69) is 4.52 Å². The standard InChI is InChI=1S/C5H5F8O4P/c6-2(1-3(7,8)9)4(10,11)5(12,13)17-18(14,15)16/h2H,1H2,(H2,14,15,16). The highest BCUT2D eigenvalue weighted by Crippen LogP contribution is 2.51. The van der Waals surface area contributed by atoms with Crippen molar-refractivity contribution < 1.29 is 54.0 Å². The average Bonchev–Trinajstić information content (AvgIpc) is 1.94. The molecule has 4 nitrogen and oxygen atoms in total. The Morgan fingerprint density at radius 2 is 1.44 bits per heavy atom. The van der Waals surface area contributed by atoms with Gasteiger partial charge in [-0.25, -0.2) is 13.5 Å². The van der Waals surface area contributed by atoms with Crippen LogP contribution >= 0.6 is 7.82 Å². The Morgan fingerprint density at radius 1 is 1.06 bits per heavy atom. The minimum absolute atomic E-state index is 2.30. The molecular formula is C5H5F8O4P. The Hall–Kier alpha value is -0.450. The Bertz CT molecular complexity index is 335. The number of phosphoric ester groups is 1. The van der Waals surface area contributed by atoms with E-state index in [9.17, 15) is 39.7 Å². The summed E-state index contributed by atoms with van der Waals surface area (Å²) in [6.45, 7) is 0. The van der Waals surface area contributed by atoms with Crippen LogP contribution in [0, 0.1) is 0 Å². The van der Waals surface area contributed by atoms with Crippen LogP contribution in [0.4, 0.5) is 35.1 Å². The number of hydrogen-bond acceptors (Lipinski definition) is 2. The topological polar surface area (TPSA) is 66.8 Å². The predicted octanol–water partition coefficient (Wildman–Crippen LogP) is 2.61. The third kappa shape index (κ3) is 5.04. The van der Waals surface area contributed by atoms with Crippen LogP contribution < -0.4 is 0 Å². The first-order valence-electron chi connectivity index (χ1n) is 3.81.